The summed E-state index contributed by atoms with van der Waals surface area (Å²) >= 11 is 0. The van der Waals surface area contributed by atoms with Gasteiger partial charge in [-0.3, -0.25) is 0 Å². The third-order valence-corrected chi connectivity index (χ3v) is 5.22. The van der Waals surface area contributed by atoms with Gasteiger partial charge in [-0.15, -0.1) is 0 Å². The van der Waals surface area contributed by atoms with Crippen LogP contribution in [0.15, 0.2) is 48.5 Å². The van der Waals surface area contributed by atoms with E-state index in [0.29, 0.717) is 24.2 Å². The van der Waals surface area contributed by atoms with Gasteiger partial charge in [-0.05, 0) is 49.9 Å². The van der Waals surface area contributed by atoms with Crippen LogP contribution in [0.5, 0.6) is 0 Å². The molecule has 166 valence electrons. The predicted molar refractivity (Wildman–Crippen MR) is 123 cm³/mol. The second-order valence-electron chi connectivity index (χ2n) is 8.20. The molecule has 1 N–H and O–H groups in total. The molecule has 3 aromatic rings. The first kappa shape index (κ1) is 23.2. The monoisotopic (exact) mass is 431 g/mol. The third kappa shape index (κ3) is 4.90. The molecule has 0 amide bonds. The molecule has 0 aliphatic rings. The number of hydrogen-bond donors (Lipinski definition) is 1. The summed E-state index contributed by atoms with van der Waals surface area (Å²) in [5.74, 6) is 0.218. The Labute approximate surface area is 189 Å². The minimum Gasteiger partial charge on any atom is -0.461 e. The van der Waals surface area contributed by atoms with Gasteiger partial charge in [0.25, 0.3) is 0 Å². The Morgan fingerprint density at radius 1 is 1.16 bits per heavy atom. The number of imidazole rings is 1. The maximum absolute atomic E-state index is 12.6. The second-order valence-corrected chi connectivity index (χ2v) is 8.20. The lowest BCUT2D eigenvalue weighted by atomic mass is 9.99. The molecule has 0 spiro atoms. The van der Waals surface area contributed by atoms with Crippen molar-refractivity contribution in [2.75, 3.05) is 6.61 Å². The van der Waals surface area contributed by atoms with Crippen LogP contribution in [0.3, 0.4) is 0 Å². The van der Waals surface area contributed by atoms with Gasteiger partial charge in [-0.1, -0.05) is 49.4 Å². The Balaban J connectivity index is 2.02. The highest BCUT2D eigenvalue weighted by Gasteiger charge is 2.32. The zero-order valence-corrected chi connectivity index (χ0v) is 19.1. The fourth-order valence-corrected chi connectivity index (χ4v) is 3.85. The number of aryl methyl sites for hydroxylation is 1. The van der Waals surface area contributed by atoms with Crippen LogP contribution >= 0.6 is 0 Å². The Kier molecular flexibility index (Phi) is 7.12. The standard InChI is InChI=1S/C26H29N3O3/c1-5-9-22-28-23(25(30)32-6-2)24(26(3,4)31)29(22)17-18-12-14-19(15-13-18)21-11-8-7-10-20(21)16-27/h7-8,10-15,31H,5-6,9,17H2,1-4H3. The van der Waals surface area contributed by atoms with Crippen molar-refractivity contribution in [3.8, 4) is 17.2 Å². The molecule has 0 saturated heterocycles. The van der Waals surface area contributed by atoms with Gasteiger partial charge in [0.05, 0.1) is 23.9 Å². The Morgan fingerprint density at radius 2 is 1.84 bits per heavy atom. The topological polar surface area (TPSA) is 88.1 Å². The quantitative estimate of drug-likeness (QED) is 0.516. The number of benzene rings is 2. The number of carbonyl (C=O) groups excluding carboxylic acids is 1. The SMILES string of the molecule is CCCc1nc(C(=O)OCC)c(C(C)(C)O)n1Cc1ccc(-c2ccccc2C#N)cc1. The molecule has 0 aliphatic heterocycles. The number of rotatable bonds is 8. The first-order chi connectivity index (χ1) is 15.3. The first-order valence-electron chi connectivity index (χ1n) is 10.9. The van der Waals surface area contributed by atoms with Gasteiger partial charge in [0.1, 0.15) is 11.4 Å². The minimum atomic E-state index is -1.27. The number of ether oxygens (including phenoxy) is 1. The third-order valence-electron chi connectivity index (χ3n) is 5.22. The minimum absolute atomic E-state index is 0.169. The van der Waals surface area contributed by atoms with E-state index in [-0.39, 0.29) is 12.3 Å². The Hall–Kier alpha value is -3.43. The number of carbonyl (C=O) groups is 1. The van der Waals surface area contributed by atoms with E-state index in [2.05, 4.69) is 11.1 Å². The van der Waals surface area contributed by atoms with Crippen molar-refractivity contribution in [3.63, 3.8) is 0 Å². The molecule has 0 atom stereocenters. The normalized spacial score (nSPS) is 11.2. The second kappa shape index (κ2) is 9.80. The summed E-state index contributed by atoms with van der Waals surface area (Å²) in [6.45, 7) is 7.81. The van der Waals surface area contributed by atoms with Gasteiger partial charge in [0.2, 0.25) is 0 Å². The molecule has 0 unspecified atom stereocenters. The van der Waals surface area contributed by atoms with Crippen LogP contribution in [-0.4, -0.2) is 27.2 Å². The van der Waals surface area contributed by atoms with E-state index in [0.717, 1.165) is 28.9 Å². The number of nitrogens with zero attached hydrogens (tertiary/aromatic N) is 3. The number of aliphatic hydroxyl groups is 1. The number of hydrogen-bond acceptors (Lipinski definition) is 5. The highest BCUT2D eigenvalue weighted by atomic mass is 16.5. The molecule has 32 heavy (non-hydrogen) atoms. The number of esters is 1. The van der Waals surface area contributed by atoms with Gasteiger partial charge < -0.3 is 14.4 Å². The van der Waals surface area contributed by atoms with Crippen molar-refractivity contribution < 1.29 is 14.6 Å². The summed E-state index contributed by atoms with van der Waals surface area (Å²) in [6.07, 6.45) is 1.53. The lowest BCUT2D eigenvalue weighted by Gasteiger charge is -2.22. The molecule has 1 heterocycles. The van der Waals surface area contributed by atoms with Crippen LogP contribution in [0.1, 0.15) is 67.2 Å². The van der Waals surface area contributed by atoms with Gasteiger partial charge in [-0.2, -0.15) is 5.26 Å². The van der Waals surface area contributed by atoms with E-state index in [1.807, 2.05) is 54.0 Å². The maximum atomic E-state index is 12.6. The Morgan fingerprint density at radius 3 is 2.44 bits per heavy atom. The smallest absolute Gasteiger partial charge is 0.358 e. The first-order valence-corrected chi connectivity index (χ1v) is 10.9. The maximum Gasteiger partial charge on any atom is 0.358 e. The van der Waals surface area contributed by atoms with E-state index in [9.17, 15) is 15.2 Å². The summed E-state index contributed by atoms with van der Waals surface area (Å²) in [7, 11) is 0. The van der Waals surface area contributed by atoms with Crippen molar-refractivity contribution >= 4 is 5.97 Å². The van der Waals surface area contributed by atoms with Crippen LogP contribution < -0.4 is 0 Å². The van der Waals surface area contributed by atoms with E-state index >= 15 is 0 Å². The molecule has 0 aliphatic carbocycles. The molecular formula is C26H29N3O3. The predicted octanol–water partition coefficient (Wildman–Crippen LogP) is 4.83. The van der Waals surface area contributed by atoms with Gasteiger partial charge >= 0.3 is 5.97 Å². The zero-order valence-electron chi connectivity index (χ0n) is 19.1. The van der Waals surface area contributed by atoms with Gasteiger partial charge in [0, 0.05) is 13.0 Å². The van der Waals surface area contributed by atoms with Gasteiger partial charge in [0.15, 0.2) is 5.69 Å². The Bertz CT molecular complexity index is 1130. The molecular weight excluding hydrogens is 402 g/mol. The molecule has 2 aromatic carbocycles. The lowest BCUT2D eigenvalue weighted by molar-refractivity contribution is 0.0467. The van der Waals surface area contributed by atoms with Crippen LogP contribution in [0.4, 0.5) is 0 Å². The van der Waals surface area contributed by atoms with E-state index in [1.54, 1.807) is 26.8 Å². The highest BCUT2D eigenvalue weighted by Crippen LogP contribution is 2.29. The van der Waals surface area contributed by atoms with Crippen LogP contribution in [-0.2, 0) is 23.3 Å². The van der Waals surface area contributed by atoms with Gasteiger partial charge in [-0.25, -0.2) is 9.78 Å². The van der Waals surface area contributed by atoms with Crippen molar-refractivity contribution in [1.82, 2.24) is 9.55 Å². The van der Waals surface area contributed by atoms with Crippen molar-refractivity contribution in [2.45, 2.75) is 52.7 Å². The number of aromatic nitrogens is 2. The van der Waals surface area contributed by atoms with Crippen molar-refractivity contribution in [2.24, 2.45) is 0 Å². The molecule has 0 bridgehead atoms. The summed E-state index contributed by atoms with van der Waals surface area (Å²) in [5.41, 5.74) is 2.83. The zero-order chi connectivity index (χ0) is 23.3. The summed E-state index contributed by atoms with van der Waals surface area (Å²) in [5, 5.41) is 20.3. The van der Waals surface area contributed by atoms with Crippen molar-refractivity contribution in [3.05, 3.63) is 76.9 Å². The lowest BCUT2D eigenvalue weighted by Crippen LogP contribution is -2.25. The fourth-order valence-electron chi connectivity index (χ4n) is 3.85. The van der Waals surface area contributed by atoms with E-state index < -0.39 is 11.6 Å². The largest absolute Gasteiger partial charge is 0.461 e. The fraction of sp³-hybridized carbons (Fsp3) is 0.346. The van der Waals surface area contributed by atoms with Crippen molar-refractivity contribution in [1.29, 1.82) is 5.26 Å². The van der Waals surface area contributed by atoms with Crippen LogP contribution in [0.2, 0.25) is 0 Å². The van der Waals surface area contributed by atoms with Crippen LogP contribution in [0, 0.1) is 11.3 Å². The summed E-state index contributed by atoms with van der Waals surface area (Å²) in [4.78, 5) is 17.1. The average Bonchev–Trinajstić information content (AvgIpc) is 3.13. The van der Waals surface area contributed by atoms with E-state index in [4.69, 9.17) is 4.74 Å². The van der Waals surface area contributed by atoms with E-state index in [1.165, 1.54) is 0 Å². The molecule has 6 heteroatoms. The average molecular weight is 432 g/mol. The molecule has 1 aromatic heterocycles. The molecule has 6 nitrogen and oxygen atoms in total. The van der Waals surface area contributed by atoms with Crippen LogP contribution in [0.25, 0.3) is 11.1 Å². The molecule has 0 fully saturated rings. The molecule has 0 saturated carbocycles. The summed E-state index contributed by atoms with van der Waals surface area (Å²) in [6, 6.07) is 17.7. The molecule has 3 rings (SSSR count). The highest BCUT2D eigenvalue weighted by molar-refractivity contribution is 5.89. The molecule has 0 radical (unpaired) electrons. The summed E-state index contributed by atoms with van der Waals surface area (Å²) < 4.78 is 7.12. The number of nitriles is 1.